The summed E-state index contributed by atoms with van der Waals surface area (Å²) in [5.41, 5.74) is 1.62. The molecule has 8 heteroatoms. The molecule has 1 aromatic carbocycles. The average Bonchev–Trinajstić information content (AvgIpc) is 3.15. The number of halogens is 3. The number of aromatic nitrogens is 1. The zero-order valence-corrected chi connectivity index (χ0v) is 15.6. The Morgan fingerprint density at radius 2 is 1.93 bits per heavy atom. The number of fused-ring (bicyclic) bond motifs is 1. The van der Waals surface area contributed by atoms with Crippen molar-refractivity contribution in [2.45, 2.75) is 26.1 Å². The first kappa shape index (κ1) is 20.0. The molecule has 1 amide bonds. The Labute approximate surface area is 160 Å². The number of carbonyl (C=O) groups is 1. The van der Waals surface area contributed by atoms with Gasteiger partial charge in [0.15, 0.2) is 5.58 Å². The molecule has 5 nitrogen and oxygen atoms in total. The second-order valence-electron chi connectivity index (χ2n) is 6.52. The van der Waals surface area contributed by atoms with Gasteiger partial charge >= 0.3 is 6.18 Å². The molecule has 3 rings (SSSR count). The number of methoxy groups -OCH3 is 1. The van der Waals surface area contributed by atoms with Gasteiger partial charge in [0.25, 0.3) is 5.91 Å². The van der Waals surface area contributed by atoms with Gasteiger partial charge in [-0.1, -0.05) is 12.1 Å². The van der Waals surface area contributed by atoms with Crippen molar-refractivity contribution in [1.82, 2.24) is 9.88 Å². The minimum absolute atomic E-state index is 0.251. The first-order chi connectivity index (χ1) is 13.3. The first-order valence-corrected chi connectivity index (χ1v) is 8.82. The summed E-state index contributed by atoms with van der Waals surface area (Å²) < 4.78 is 50.6. The van der Waals surface area contributed by atoms with Crippen molar-refractivity contribution in [3.63, 3.8) is 0 Å². The summed E-state index contributed by atoms with van der Waals surface area (Å²) >= 11 is 0. The van der Waals surface area contributed by atoms with Crippen molar-refractivity contribution in [3.05, 3.63) is 59.0 Å². The zero-order chi connectivity index (χ0) is 20.3. The number of rotatable bonds is 7. The zero-order valence-electron chi connectivity index (χ0n) is 15.6. The SMILES string of the molecule is COCCCNC(=O)c1cc2oc(C)cc2n1Cc1ccc(C(F)(F)F)cc1. The molecule has 0 radical (unpaired) electrons. The molecule has 0 aliphatic heterocycles. The summed E-state index contributed by atoms with van der Waals surface area (Å²) in [6.45, 7) is 3.04. The van der Waals surface area contributed by atoms with E-state index in [2.05, 4.69) is 5.32 Å². The number of benzene rings is 1. The van der Waals surface area contributed by atoms with Crippen LogP contribution in [0.1, 0.15) is 33.8 Å². The van der Waals surface area contributed by atoms with Crippen LogP contribution in [-0.4, -0.2) is 30.7 Å². The smallest absolute Gasteiger partial charge is 0.416 e. The van der Waals surface area contributed by atoms with E-state index in [9.17, 15) is 18.0 Å². The Balaban J connectivity index is 1.87. The molecule has 1 N–H and O–H groups in total. The summed E-state index contributed by atoms with van der Waals surface area (Å²) in [5, 5.41) is 2.82. The van der Waals surface area contributed by atoms with E-state index in [-0.39, 0.29) is 12.5 Å². The molecular weight excluding hydrogens is 373 g/mol. The number of ether oxygens (including phenoxy) is 1. The largest absolute Gasteiger partial charge is 0.460 e. The van der Waals surface area contributed by atoms with E-state index in [1.807, 2.05) is 0 Å². The molecule has 0 saturated heterocycles. The van der Waals surface area contributed by atoms with Gasteiger partial charge < -0.3 is 19.0 Å². The summed E-state index contributed by atoms with van der Waals surface area (Å²) in [7, 11) is 1.59. The van der Waals surface area contributed by atoms with E-state index in [4.69, 9.17) is 9.15 Å². The lowest BCUT2D eigenvalue weighted by molar-refractivity contribution is -0.137. The van der Waals surface area contributed by atoms with Crippen LogP contribution in [0.3, 0.4) is 0 Å². The van der Waals surface area contributed by atoms with Crippen molar-refractivity contribution >= 4 is 17.0 Å². The quantitative estimate of drug-likeness (QED) is 0.605. The van der Waals surface area contributed by atoms with Crippen LogP contribution < -0.4 is 5.32 Å². The Hall–Kier alpha value is -2.74. The van der Waals surface area contributed by atoms with Gasteiger partial charge in [0.1, 0.15) is 11.5 Å². The second-order valence-corrected chi connectivity index (χ2v) is 6.52. The molecule has 0 aliphatic carbocycles. The molecule has 3 aromatic rings. The average molecular weight is 394 g/mol. The standard InChI is InChI=1S/C20H21F3N2O3/c1-13-10-16-18(28-13)11-17(19(26)24-8-3-9-27-2)25(16)12-14-4-6-15(7-5-14)20(21,22)23/h4-7,10-11H,3,8-9,12H2,1-2H3,(H,24,26). The van der Waals surface area contributed by atoms with Crippen LogP contribution in [0.5, 0.6) is 0 Å². The Morgan fingerprint density at radius 3 is 2.57 bits per heavy atom. The van der Waals surface area contributed by atoms with Crippen LogP contribution in [0.4, 0.5) is 13.2 Å². The molecule has 2 aromatic heterocycles. The lowest BCUT2D eigenvalue weighted by Gasteiger charge is -2.12. The number of amides is 1. The fourth-order valence-electron chi connectivity index (χ4n) is 3.01. The van der Waals surface area contributed by atoms with Crippen molar-refractivity contribution in [3.8, 4) is 0 Å². The van der Waals surface area contributed by atoms with Gasteiger partial charge in [-0.15, -0.1) is 0 Å². The molecule has 2 heterocycles. The van der Waals surface area contributed by atoms with Crippen molar-refractivity contribution < 1.29 is 27.1 Å². The number of carbonyl (C=O) groups excluding carboxylic acids is 1. The molecular formula is C20H21F3N2O3. The highest BCUT2D eigenvalue weighted by atomic mass is 19.4. The Bertz CT molecular complexity index is 956. The molecule has 0 bridgehead atoms. The lowest BCUT2D eigenvalue weighted by atomic mass is 10.1. The maximum absolute atomic E-state index is 12.8. The van der Waals surface area contributed by atoms with Crippen LogP contribution in [0, 0.1) is 6.92 Å². The second kappa shape index (κ2) is 8.10. The van der Waals surface area contributed by atoms with Gasteiger partial charge in [-0.25, -0.2) is 0 Å². The van der Waals surface area contributed by atoms with Gasteiger partial charge in [-0.05, 0) is 31.0 Å². The van der Waals surface area contributed by atoms with Gasteiger partial charge in [-0.2, -0.15) is 13.2 Å². The van der Waals surface area contributed by atoms with Crippen molar-refractivity contribution in [2.75, 3.05) is 20.3 Å². The number of nitrogens with one attached hydrogen (secondary N) is 1. The fraction of sp³-hybridized carbons (Fsp3) is 0.350. The molecule has 0 spiro atoms. The van der Waals surface area contributed by atoms with E-state index >= 15 is 0 Å². The summed E-state index contributed by atoms with van der Waals surface area (Å²) in [5.74, 6) is 0.422. The highest BCUT2D eigenvalue weighted by Crippen LogP contribution is 2.30. The van der Waals surface area contributed by atoms with Crippen LogP contribution in [0.15, 0.2) is 40.8 Å². The number of hydrogen-bond donors (Lipinski definition) is 1. The van der Waals surface area contributed by atoms with Crippen LogP contribution in [0.2, 0.25) is 0 Å². The maximum Gasteiger partial charge on any atom is 0.416 e. The normalized spacial score (nSPS) is 11.9. The number of aryl methyl sites for hydroxylation is 1. The minimum atomic E-state index is -4.38. The van der Waals surface area contributed by atoms with E-state index in [0.717, 1.165) is 17.6 Å². The first-order valence-electron chi connectivity index (χ1n) is 8.82. The van der Waals surface area contributed by atoms with E-state index < -0.39 is 11.7 Å². The third-order valence-electron chi connectivity index (χ3n) is 4.38. The van der Waals surface area contributed by atoms with Crippen LogP contribution >= 0.6 is 0 Å². The molecule has 0 unspecified atom stereocenters. The molecule has 0 fully saturated rings. The van der Waals surface area contributed by atoms with E-state index in [1.165, 1.54) is 12.1 Å². The lowest BCUT2D eigenvalue weighted by Crippen LogP contribution is -2.27. The molecule has 0 saturated carbocycles. The third-order valence-corrected chi connectivity index (χ3v) is 4.38. The van der Waals surface area contributed by atoms with Crippen molar-refractivity contribution in [2.24, 2.45) is 0 Å². The predicted octanol–water partition coefficient (Wildman–Crippen LogP) is 4.38. The number of hydrogen-bond acceptors (Lipinski definition) is 3. The predicted molar refractivity (Wildman–Crippen MR) is 98.3 cm³/mol. The third kappa shape index (κ3) is 4.39. The molecule has 0 atom stereocenters. The number of alkyl halides is 3. The highest BCUT2D eigenvalue weighted by molar-refractivity contribution is 5.97. The molecule has 150 valence electrons. The molecule has 28 heavy (non-hydrogen) atoms. The van der Waals surface area contributed by atoms with Crippen LogP contribution in [-0.2, 0) is 17.5 Å². The van der Waals surface area contributed by atoms with E-state index in [1.54, 1.807) is 30.7 Å². The summed E-state index contributed by atoms with van der Waals surface area (Å²) in [6, 6.07) is 8.38. The van der Waals surface area contributed by atoms with Crippen LogP contribution in [0.25, 0.3) is 11.1 Å². The fourth-order valence-corrected chi connectivity index (χ4v) is 3.01. The summed E-state index contributed by atoms with van der Waals surface area (Å²) in [4.78, 5) is 12.6. The maximum atomic E-state index is 12.8. The summed E-state index contributed by atoms with van der Waals surface area (Å²) in [6.07, 6.45) is -3.70. The Kier molecular flexibility index (Phi) is 5.79. The van der Waals surface area contributed by atoms with Gasteiger partial charge in [0.2, 0.25) is 0 Å². The minimum Gasteiger partial charge on any atom is -0.460 e. The Morgan fingerprint density at radius 1 is 1.21 bits per heavy atom. The van der Waals surface area contributed by atoms with Gasteiger partial charge in [0.05, 0.1) is 11.1 Å². The number of nitrogens with zero attached hydrogens (tertiary/aromatic N) is 1. The number of furan rings is 1. The topological polar surface area (TPSA) is 56.4 Å². The molecule has 0 aliphatic rings. The van der Waals surface area contributed by atoms with Crippen molar-refractivity contribution in [1.29, 1.82) is 0 Å². The van der Waals surface area contributed by atoms with Gasteiger partial charge in [0, 0.05) is 38.9 Å². The monoisotopic (exact) mass is 394 g/mol. The van der Waals surface area contributed by atoms with E-state index in [0.29, 0.717) is 42.2 Å². The highest BCUT2D eigenvalue weighted by Gasteiger charge is 2.30. The van der Waals surface area contributed by atoms with Gasteiger partial charge in [-0.3, -0.25) is 4.79 Å².